The summed E-state index contributed by atoms with van der Waals surface area (Å²) in [6.07, 6.45) is 6.77. The molecule has 2 aliphatic carbocycles. The molecule has 2 aliphatic rings. The van der Waals surface area contributed by atoms with E-state index in [1.54, 1.807) is 0 Å². The van der Waals surface area contributed by atoms with Gasteiger partial charge in [-0.3, -0.25) is 9.59 Å². The third kappa shape index (κ3) is 2.89. The minimum atomic E-state index is -0.122. The summed E-state index contributed by atoms with van der Waals surface area (Å²) < 4.78 is 10.1. The second-order valence-electron chi connectivity index (χ2n) is 5.88. The highest BCUT2D eigenvalue weighted by Gasteiger charge is 2.44. The molecule has 0 radical (unpaired) electrons. The Bertz CT molecular complexity index is 401. The smallest absolute Gasteiger partial charge is 0.309 e. The van der Waals surface area contributed by atoms with Gasteiger partial charge in [-0.2, -0.15) is 0 Å². The molecule has 1 fully saturated rings. The molecule has 0 amide bonds. The molecule has 0 N–H and O–H groups in total. The first-order valence-electron chi connectivity index (χ1n) is 7.51. The lowest BCUT2D eigenvalue weighted by molar-refractivity contribution is -0.154. The average Bonchev–Trinajstić information content (AvgIpc) is 2.46. The highest BCUT2D eigenvalue weighted by molar-refractivity contribution is 5.74. The maximum absolute atomic E-state index is 12.2. The van der Waals surface area contributed by atoms with Crippen LogP contribution in [-0.2, 0) is 19.1 Å². The number of allylic oxidation sites excluding steroid dienone is 2. The van der Waals surface area contributed by atoms with Gasteiger partial charge in [-0.25, -0.2) is 0 Å². The fourth-order valence-electron chi connectivity index (χ4n) is 3.73. The highest BCUT2D eigenvalue weighted by Crippen LogP contribution is 2.45. The van der Waals surface area contributed by atoms with E-state index >= 15 is 0 Å². The third-order valence-electron chi connectivity index (χ3n) is 4.74. The molecule has 0 aliphatic heterocycles. The van der Waals surface area contributed by atoms with Gasteiger partial charge in [-0.15, -0.1) is 0 Å². The normalized spacial score (nSPS) is 36.0. The zero-order valence-electron chi connectivity index (χ0n) is 12.5. The Labute approximate surface area is 120 Å². The van der Waals surface area contributed by atoms with Gasteiger partial charge in [-0.05, 0) is 43.9 Å². The molecule has 0 bridgehead atoms. The van der Waals surface area contributed by atoms with Crippen molar-refractivity contribution in [2.45, 2.75) is 33.1 Å². The number of rotatable bonds is 3. The fraction of sp³-hybridized carbons (Fsp3) is 0.750. The summed E-state index contributed by atoms with van der Waals surface area (Å²) in [6.45, 7) is 4.33. The highest BCUT2D eigenvalue weighted by atomic mass is 16.5. The van der Waals surface area contributed by atoms with E-state index in [2.05, 4.69) is 19.1 Å². The molecule has 0 aromatic heterocycles. The number of ether oxygens (including phenoxy) is 2. The van der Waals surface area contributed by atoms with E-state index in [9.17, 15) is 9.59 Å². The minimum Gasteiger partial charge on any atom is -0.469 e. The number of carbonyl (C=O) groups excluding carboxylic acids is 2. The Morgan fingerprint density at radius 3 is 2.60 bits per heavy atom. The van der Waals surface area contributed by atoms with Crippen LogP contribution in [0.3, 0.4) is 0 Å². The summed E-state index contributed by atoms with van der Waals surface area (Å²) in [7, 11) is 1.44. The third-order valence-corrected chi connectivity index (χ3v) is 4.74. The summed E-state index contributed by atoms with van der Waals surface area (Å²) in [5.74, 6) is 0.503. The van der Waals surface area contributed by atoms with Gasteiger partial charge < -0.3 is 9.47 Å². The Morgan fingerprint density at radius 2 is 1.95 bits per heavy atom. The first-order valence-corrected chi connectivity index (χ1v) is 7.51. The maximum Gasteiger partial charge on any atom is 0.309 e. The van der Waals surface area contributed by atoms with E-state index in [1.807, 2.05) is 6.92 Å². The van der Waals surface area contributed by atoms with E-state index in [0.29, 0.717) is 18.4 Å². The summed E-state index contributed by atoms with van der Waals surface area (Å²) in [5.41, 5.74) is 0. The molecule has 112 valence electrons. The van der Waals surface area contributed by atoms with Crippen molar-refractivity contribution in [3.63, 3.8) is 0 Å². The van der Waals surface area contributed by atoms with Gasteiger partial charge >= 0.3 is 11.9 Å². The van der Waals surface area contributed by atoms with Crippen LogP contribution in [0.1, 0.15) is 33.1 Å². The quantitative estimate of drug-likeness (QED) is 0.589. The lowest BCUT2D eigenvalue weighted by Crippen LogP contribution is -2.41. The number of methoxy groups -OCH3 is 1. The summed E-state index contributed by atoms with van der Waals surface area (Å²) in [4.78, 5) is 23.9. The van der Waals surface area contributed by atoms with Crippen LogP contribution >= 0.6 is 0 Å². The molecule has 4 nitrogen and oxygen atoms in total. The predicted octanol–water partition coefficient (Wildman–Crippen LogP) is 2.58. The van der Waals surface area contributed by atoms with Gasteiger partial charge in [0.15, 0.2) is 0 Å². The monoisotopic (exact) mass is 280 g/mol. The molecule has 20 heavy (non-hydrogen) atoms. The van der Waals surface area contributed by atoms with E-state index in [4.69, 9.17) is 9.47 Å². The molecular formula is C16H24O4. The van der Waals surface area contributed by atoms with Crippen molar-refractivity contribution >= 4 is 11.9 Å². The standard InChI is InChI=1S/C16H24O4/c1-4-20-16(18)14-10(2)5-6-11-9-12(15(17)19-3)7-8-13(11)14/h5-6,10-14H,4,7-9H2,1-3H3/t10-,11?,12+,13?,14?/m0/s1. The van der Waals surface area contributed by atoms with E-state index in [-0.39, 0.29) is 29.7 Å². The molecule has 0 aromatic carbocycles. The zero-order valence-corrected chi connectivity index (χ0v) is 12.5. The molecular weight excluding hydrogens is 256 g/mol. The van der Waals surface area contributed by atoms with E-state index in [1.165, 1.54) is 7.11 Å². The lowest BCUT2D eigenvalue weighted by atomic mass is 9.63. The van der Waals surface area contributed by atoms with Gasteiger partial charge in [0.25, 0.3) is 0 Å². The first kappa shape index (κ1) is 15.1. The molecule has 1 saturated carbocycles. The molecule has 0 heterocycles. The first-order chi connectivity index (χ1) is 9.58. The SMILES string of the molecule is CCOC(=O)C1C2CC[C@@H](C(=O)OC)CC2C=C[C@@H]1C. The van der Waals surface area contributed by atoms with Gasteiger partial charge in [0.1, 0.15) is 0 Å². The van der Waals surface area contributed by atoms with Crippen LogP contribution in [0.5, 0.6) is 0 Å². The number of fused-ring (bicyclic) bond motifs is 1. The van der Waals surface area contributed by atoms with Crippen molar-refractivity contribution in [1.29, 1.82) is 0 Å². The molecule has 0 saturated heterocycles. The number of hydrogen-bond acceptors (Lipinski definition) is 4. The van der Waals surface area contributed by atoms with Crippen molar-refractivity contribution < 1.29 is 19.1 Å². The fourth-order valence-corrected chi connectivity index (χ4v) is 3.73. The molecule has 2 rings (SSSR count). The Hall–Kier alpha value is -1.32. The lowest BCUT2D eigenvalue weighted by Gasteiger charge is -2.41. The minimum absolute atomic E-state index is 0.0258. The van der Waals surface area contributed by atoms with Crippen LogP contribution in [0.15, 0.2) is 12.2 Å². The summed E-state index contributed by atoms with van der Waals surface area (Å²) in [5, 5.41) is 0. The number of hydrogen-bond donors (Lipinski definition) is 0. The molecule has 0 spiro atoms. The van der Waals surface area contributed by atoms with Gasteiger partial charge in [0.2, 0.25) is 0 Å². The zero-order chi connectivity index (χ0) is 14.7. The van der Waals surface area contributed by atoms with Gasteiger partial charge in [-0.1, -0.05) is 19.1 Å². The van der Waals surface area contributed by atoms with Crippen LogP contribution in [0.2, 0.25) is 0 Å². The van der Waals surface area contributed by atoms with Crippen LogP contribution in [-0.4, -0.2) is 25.7 Å². The van der Waals surface area contributed by atoms with Gasteiger partial charge in [0.05, 0.1) is 25.6 Å². The van der Waals surface area contributed by atoms with Gasteiger partial charge in [0, 0.05) is 0 Å². The maximum atomic E-state index is 12.2. The van der Waals surface area contributed by atoms with Crippen molar-refractivity contribution in [2.24, 2.45) is 29.6 Å². The topological polar surface area (TPSA) is 52.6 Å². The molecule has 4 heteroatoms. The Balaban J connectivity index is 2.11. The molecule has 5 atom stereocenters. The van der Waals surface area contributed by atoms with E-state index < -0.39 is 0 Å². The Morgan fingerprint density at radius 1 is 1.20 bits per heavy atom. The second kappa shape index (κ2) is 6.42. The summed E-state index contributed by atoms with van der Waals surface area (Å²) >= 11 is 0. The van der Waals surface area contributed by atoms with Crippen LogP contribution in [0, 0.1) is 29.6 Å². The second-order valence-corrected chi connectivity index (χ2v) is 5.88. The largest absolute Gasteiger partial charge is 0.469 e. The van der Waals surface area contributed by atoms with Crippen LogP contribution in [0.4, 0.5) is 0 Å². The van der Waals surface area contributed by atoms with E-state index in [0.717, 1.165) is 19.3 Å². The number of carbonyl (C=O) groups is 2. The van der Waals surface area contributed by atoms with Crippen LogP contribution < -0.4 is 0 Å². The van der Waals surface area contributed by atoms with Crippen molar-refractivity contribution in [1.82, 2.24) is 0 Å². The predicted molar refractivity (Wildman–Crippen MR) is 74.8 cm³/mol. The van der Waals surface area contributed by atoms with Crippen LogP contribution in [0.25, 0.3) is 0 Å². The molecule has 3 unspecified atom stereocenters. The van der Waals surface area contributed by atoms with Crippen molar-refractivity contribution in [3.05, 3.63) is 12.2 Å². The number of esters is 2. The molecule has 0 aromatic rings. The van der Waals surface area contributed by atoms with Crippen molar-refractivity contribution in [2.75, 3.05) is 13.7 Å². The average molecular weight is 280 g/mol. The van der Waals surface area contributed by atoms with Crippen molar-refractivity contribution in [3.8, 4) is 0 Å². The summed E-state index contributed by atoms with van der Waals surface area (Å²) in [6, 6.07) is 0. The Kier molecular flexibility index (Phi) is 4.84.